The minimum absolute atomic E-state index is 0.263. The summed E-state index contributed by atoms with van der Waals surface area (Å²) in [5.41, 5.74) is 1.79. The molecule has 0 fully saturated rings. The van der Waals surface area contributed by atoms with Gasteiger partial charge in [-0.3, -0.25) is 4.79 Å². The Morgan fingerprint density at radius 1 is 1.37 bits per heavy atom. The maximum atomic E-state index is 11.1. The van der Waals surface area contributed by atoms with Crippen molar-refractivity contribution >= 4 is 21.9 Å². The van der Waals surface area contributed by atoms with Crippen LogP contribution in [-0.2, 0) is 16.0 Å². The van der Waals surface area contributed by atoms with Crippen LogP contribution in [0.5, 0.6) is 0 Å². The molecule has 1 heterocycles. The van der Waals surface area contributed by atoms with Crippen molar-refractivity contribution in [3.8, 4) is 11.3 Å². The van der Waals surface area contributed by atoms with Gasteiger partial charge in [-0.25, -0.2) is 4.98 Å². The lowest BCUT2D eigenvalue weighted by atomic mass is 10.1. The summed E-state index contributed by atoms with van der Waals surface area (Å²) < 4.78 is 11.3. The molecule has 0 saturated heterocycles. The molecule has 100 valence electrons. The smallest absolute Gasteiger partial charge is 0.306 e. The molecule has 0 unspecified atom stereocenters. The average Bonchev–Trinajstić information content (AvgIpc) is 2.78. The van der Waals surface area contributed by atoms with Gasteiger partial charge in [-0.05, 0) is 19.1 Å². The van der Waals surface area contributed by atoms with Gasteiger partial charge in [-0.15, -0.1) is 0 Å². The van der Waals surface area contributed by atoms with Gasteiger partial charge in [0.2, 0.25) is 0 Å². The van der Waals surface area contributed by atoms with E-state index in [2.05, 4.69) is 25.7 Å². The lowest BCUT2D eigenvalue weighted by molar-refractivity contribution is -0.140. The lowest BCUT2D eigenvalue weighted by Crippen LogP contribution is -2.01. The summed E-state index contributed by atoms with van der Waals surface area (Å²) in [6, 6.07) is 7.82. The molecule has 0 bridgehead atoms. The van der Waals surface area contributed by atoms with E-state index in [9.17, 15) is 4.79 Å². The molecular formula is C14H14BrNO3. The van der Waals surface area contributed by atoms with E-state index in [-0.39, 0.29) is 12.4 Å². The Kier molecular flexibility index (Phi) is 4.37. The number of benzene rings is 1. The fourth-order valence-electron chi connectivity index (χ4n) is 1.74. The van der Waals surface area contributed by atoms with E-state index < -0.39 is 0 Å². The first-order chi connectivity index (χ1) is 9.10. The second kappa shape index (κ2) is 6.02. The molecule has 0 aliphatic heterocycles. The van der Waals surface area contributed by atoms with Crippen molar-refractivity contribution in [1.29, 1.82) is 0 Å². The van der Waals surface area contributed by atoms with Crippen LogP contribution >= 0.6 is 15.9 Å². The zero-order valence-electron chi connectivity index (χ0n) is 10.8. The highest BCUT2D eigenvalue weighted by Gasteiger charge is 2.13. The first kappa shape index (κ1) is 13.8. The van der Waals surface area contributed by atoms with Crippen molar-refractivity contribution < 1.29 is 13.9 Å². The Bertz CT molecular complexity index is 575. The fourth-order valence-corrected chi connectivity index (χ4v) is 2.00. The molecule has 1 aromatic heterocycles. The van der Waals surface area contributed by atoms with Gasteiger partial charge < -0.3 is 9.15 Å². The minimum Gasteiger partial charge on any atom is -0.469 e. The molecule has 4 nitrogen and oxygen atoms in total. The molecule has 5 heteroatoms. The molecule has 0 radical (unpaired) electrons. The zero-order valence-corrected chi connectivity index (χ0v) is 12.4. The minimum atomic E-state index is -0.263. The van der Waals surface area contributed by atoms with E-state index in [1.165, 1.54) is 7.11 Å². The number of oxazole rings is 1. The van der Waals surface area contributed by atoms with Gasteiger partial charge in [0.05, 0.1) is 19.2 Å². The quantitative estimate of drug-likeness (QED) is 0.808. The van der Waals surface area contributed by atoms with Crippen molar-refractivity contribution in [2.24, 2.45) is 0 Å². The number of aryl methyl sites for hydroxylation is 2. The Balaban J connectivity index is 2.16. The first-order valence-electron chi connectivity index (χ1n) is 5.89. The van der Waals surface area contributed by atoms with Crippen molar-refractivity contribution in [1.82, 2.24) is 4.98 Å². The number of esters is 1. The third-order valence-electron chi connectivity index (χ3n) is 2.72. The number of aromatic nitrogens is 1. The van der Waals surface area contributed by atoms with Gasteiger partial charge in [0, 0.05) is 16.5 Å². The predicted octanol–water partition coefficient (Wildman–Crippen LogP) is 3.52. The molecule has 0 N–H and O–H groups in total. The van der Waals surface area contributed by atoms with Gasteiger partial charge in [0.15, 0.2) is 11.7 Å². The Morgan fingerprint density at radius 2 is 2.05 bits per heavy atom. The Labute approximate surface area is 119 Å². The van der Waals surface area contributed by atoms with Gasteiger partial charge in [0.1, 0.15) is 0 Å². The number of halogens is 1. The van der Waals surface area contributed by atoms with Gasteiger partial charge in [-0.1, -0.05) is 28.1 Å². The SMILES string of the molecule is COC(=O)CCc1nc(C)c(-c2ccc(Br)cc2)o1. The fraction of sp³-hybridized carbons (Fsp3) is 0.286. The molecule has 2 aromatic rings. The number of rotatable bonds is 4. The molecule has 0 spiro atoms. The maximum absolute atomic E-state index is 11.1. The number of ether oxygens (including phenoxy) is 1. The van der Waals surface area contributed by atoms with Crippen LogP contribution < -0.4 is 0 Å². The number of hydrogen-bond donors (Lipinski definition) is 0. The largest absolute Gasteiger partial charge is 0.469 e. The van der Waals surface area contributed by atoms with Crippen LogP contribution in [0.25, 0.3) is 11.3 Å². The maximum Gasteiger partial charge on any atom is 0.306 e. The predicted molar refractivity (Wildman–Crippen MR) is 74.7 cm³/mol. The molecule has 19 heavy (non-hydrogen) atoms. The Hall–Kier alpha value is -1.62. The summed E-state index contributed by atoms with van der Waals surface area (Å²) in [5.74, 6) is 1.04. The molecular weight excluding hydrogens is 310 g/mol. The van der Waals surface area contributed by atoms with Crippen LogP contribution in [0, 0.1) is 6.92 Å². The molecule has 1 aromatic carbocycles. The van der Waals surface area contributed by atoms with Crippen molar-refractivity contribution in [3.63, 3.8) is 0 Å². The third-order valence-corrected chi connectivity index (χ3v) is 3.25. The van der Waals surface area contributed by atoms with E-state index >= 15 is 0 Å². The van der Waals surface area contributed by atoms with Crippen molar-refractivity contribution in [2.75, 3.05) is 7.11 Å². The summed E-state index contributed by atoms with van der Waals surface area (Å²) >= 11 is 3.39. The van der Waals surface area contributed by atoms with Crippen molar-refractivity contribution in [2.45, 2.75) is 19.8 Å². The highest BCUT2D eigenvalue weighted by atomic mass is 79.9. The van der Waals surface area contributed by atoms with E-state index in [1.807, 2.05) is 31.2 Å². The van der Waals surface area contributed by atoms with Gasteiger partial charge >= 0.3 is 5.97 Å². The van der Waals surface area contributed by atoms with Crippen molar-refractivity contribution in [3.05, 3.63) is 40.3 Å². The number of carbonyl (C=O) groups excluding carboxylic acids is 1. The van der Waals surface area contributed by atoms with Crippen LogP contribution in [0.15, 0.2) is 33.2 Å². The standard InChI is InChI=1S/C14H14BrNO3/c1-9-14(10-3-5-11(15)6-4-10)19-12(16-9)7-8-13(17)18-2/h3-6H,7-8H2,1-2H3. The van der Waals surface area contributed by atoms with Crippen LogP contribution in [-0.4, -0.2) is 18.1 Å². The van der Waals surface area contributed by atoms with Crippen LogP contribution in [0.2, 0.25) is 0 Å². The Morgan fingerprint density at radius 3 is 2.68 bits per heavy atom. The average molecular weight is 324 g/mol. The van der Waals surface area contributed by atoms with Crippen LogP contribution in [0.3, 0.4) is 0 Å². The second-order valence-corrected chi connectivity index (χ2v) is 5.02. The number of nitrogens with zero attached hydrogens (tertiary/aromatic N) is 1. The third kappa shape index (κ3) is 3.44. The summed E-state index contributed by atoms with van der Waals surface area (Å²) in [6.45, 7) is 1.89. The van der Waals surface area contributed by atoms with E-state index in [0.29, 0.717) is 12.3 Å². The number of methoxy groups -OCH3 is 1. The first-order valence-corrected chi connectivity index (χ1v) is 6.68. The molecule has 0 saturated carbocycles. The molecule has 2 rings (SSSR count). The monoisotopic (exact) mass is 323 g/mol. The van der Waals surface area contributed by atoms with Crippen LogP contribution in [0.1, 0.15) is 18.0 Å². The molecule has 0 aliphatic rings. The normalized spacial score (nSPS) is 10.5. The molecule has 0 aliphatic carbocycles. The second-order valence-electron chi connectivity index (χ2n) is 4.11. The number of hydrogen-bond acceptors (Lipinski definition) is 4. The van der Waals surface area contributed by atoms with E-state index in [1.54, 1.807) is 0 Å². The van der Waals surface area contributed by atoms with Gasteiger partial charge in [-0.2, -0.15) is 0 Å². The summed E-state index contributed by atoms with van der Waals surface area (Å²) in [5, 5.41) is 0. The lowest BCUT2D eigenvalue weighted by Gasteiger charge is -1.98. The highest BCUT2D eigenvalue weighted by Crippen LogP contribution is 2.26. The zero-order chi connectivity index (χ0) is 13.8. The van der Waals surface area contributed by atoms with Gasteiger partial charge in [0.25, 0.3) is 0 Å². The van der Waals surface area contributed by atoms with E-state index in [0.717, 1.165) is 21.5 Å². The molecule has 0 amide bonds. The summed E-state index contributed by atoms with van der Waals surface area (Å²) in [7, 11) is 1.37. The molecule has 0 atom stereocenters. The van der Waals surface area contributed by atoms with Crippen LogP contribution in [0.4, 0.5) is 0 Å². The number of carbonyl (C=O) groups is 1. The summed E-state index contributed by atoms with van der Waals surface area (Å²) in [6.07, 6.45) is 0.722. The van der Waals surface area contributed by atoms with E-state index in [4.69, 9.17) is 4.42 Å². The summed E-state index contributed by atoms with van der Waals surface area (Å²) in [4.78, 5) is 15.4. The highest BCUT2D eigenvalue weighted by molar-refractivity contribution is 9.10. The topological polar surface area (TPSA) is 52.3 Å².